The summed E-state index contributed by atoms with van der Waals surface area (Å²) in [5, 5.41) is 16.8. The second-order valence-corrected chi connectivity index (χ2v) is 5.06. The highest BCUT2D eigenvalue weighted by molar-refractivity contribution is 5.65. The van der Waals surface area contributed by atoms with Crippen molar-refractivity contribution in [3.63, 3.8) is 0 Å². The van der Waals surface area contributed by atoms with Crippen molar-refractivity contribution in [3.8, 4) is 16.9 Å². The smallest absolute Gasteiger partial charge is 0.146 e. The predicted octanol–water partition coefficient (Wildman–Crippen LogP) is 2.73. The van der Waals surface area contributed by atoms with Gasteiger partial charge in [-0.2, -0.15) is 0 Å². The second kappa shape index (κ2) is 5.45. The van der Waals surface area contributed by atoms with Crippen molar-refractivity contribution in [1.29, 1.82) is 0 Å². The van der Waals surface area contributed by atoms with Crippen LogP contribution >= 0.6 is 0 Å². The van der Waals surface area contributed by atoms with E-state index in [1.165, 1.54) is 19.3 Å². The zero-order chi connectivity index (χ0) is 13.1. The molecule has 0 aliphatic carbocycles. The van der Waals surface area contributed by atoms with Gasteiger partial charge in [-0.1, -0.05) is 23.7 Å². The minimum atomic E-state index is 0.274. The molecule has 1 unspecified atom stereocenters. The summed E-state index contributed by atoms with van der Waals surface area (Å²) in [4.78, 5) is 0. The highest BCUT2D eigenvalue weighted by Crippen LogP contribution is 2.27. The van der Waals surface area contributed by atoms with Gasteiger partial charge in [0.15, 0.2) is 0 Å². The Morgan fingerprint density at radius 2 is 2.11 bits per heavy atom. The van der Waals surface area contributed by atoms with E-state index in [2.05, 4.69) is 10.5 Å². The number of rotatable bonds is 3. The molecule has 19 heavy (non-hydrogen) atoms. The number of nitrogens with one attached hydrogen (secondary N) is 1. The zero-order valence-electron chi connectivity index (χ0n) is 10.8. The fraction of sp³-hybridized carbons (Fsp3) is 0.400. The third kappa shape index (κ3) is 2.79. The van der Waals surface area contributed by atoms with E-state index in [4.69, 9.17) is 4.52 Å². The number of hydrogen-bond donors (Lipinski definition) is 2. The predicted molar refractivity (Wildman–Crippen MR) is 72.9 cm³/mol. The van der Waals surface area contributed by atoms with Crippen LogP contribution in [0.15, 0.2) is 35.0 Å². The molecule has 4 nitrogen and oxygen atoms in total. The first-order chi connectivity index (χ1) is 9.33. The van der Waals surface area contributed by atoms with Gasteiger partial charge in [0.1, 0.15) is 11.5 Å². The largest absolute Gasteiger partial charge is 0.508 e. The molecule has 0 bridgehead atoms. The third-order valence-electron chi connectivity index (χ3n) is 3.67. The summed E-state index contributed by atoms with van der Waals surface area (Å²) in [5.41, 5.74) is 2.05. The van der Waals surface area contributed by atoms with Crippen molar-refractivity contribution in [2.24, 2.45) is 0 Å². The fourth-order valence-electron chi connectivity index (χ4n) is 2.61. The Morgan fingerprint density at radius 1 is 1.26 bits per heavy atom. The quantitative estimate of drug-likeness (QED) is 0.888. The number of aromatic hydroxyl groups is 1. The molecule has 1 aromatic heterocycles. The van der Waals surface area contributed by atoms with Crippen LogP contribution in [0.4, 0.5) is 0 Å². The van der Waals surface area contributed by atoms with Gasteiger partial charge in [-0.3, -0.25) is 0 Å². The monoisotopic (exact) mass is 258 g/mol. The van der Waals surface area contributed by atoms with E-state index in [0.29, 0.717) is 6.04 Å². The van der Waals surface area contributed by atoms with Crippen molar-refractivity contribution in [2.75, 3.05) is 6.54 Å². The van der Waals surface area contributed by atoms with E-state index >= 15 is 0 Å². The number of nitrogens with zero attached hydrogens (tertiary/aromatic N) is 1. The van der Waals surface area contributed by atoms with Crippen LogP contribution in [0.2, 0.25) is 0 Å². The molecule has 1 aromatic carbocycles. The Labute approximate surface area is 112 Å². The van der Waals surface area contributed by atoms with Crippen LogP contribution < -0.4 is 5.32 Å². The molecule has 2 aromatic rings. The van der Waals surface area contributed by atoms with Crippen LogP contribution in [0, 0.1) is 0 Å². The van der Waals surface area contributed by atoms with Crippen LogP contribution in [-0.4, -0.2) is 22.8 Å². The molecule has 4 heteroatoms. The van der Waals surface area contributed by atoms with Gasteiger partial charge in [0.2, 0.25) is 0 Å². The fourth-order valence-corrected chi connectivity index (χ4v) is 2.61. The molecular weight excluding hydrogens is 240 g/mol. The molecule has 3 rings (SSSR count). The molecule has 100 valence electrons. The van der Waals surface area contributed by atoms with E-state index in [1.807, 2.05) is 12.1 Å². The highest BCUT2D eigenvalue weighted by Gasteiger charge is 2.18. The molecule has 0 spiro atoms. The normalized spacial score (nSPS) is 19.5. The lowest BCUT2D eigenvalue weighted by molar-refractivity contribution is 0.337. The Balaban J connectivity index is 1.79. The van der Waals surface area contributed by atoms with Crippen molar-refractivity contribution in [2.45, 2.75) is 31.7 Å². The molecule has 1 fully saturated rings. The molecule has 0 amide bonds. The number of phenols is 1. The summed E-state index contributed by atoms with van der Waals surface area (Å²) >= 11 is 0. The van der Waals surface area contributed by atoms with Gasteiger partial charge in [-0.25, -0.2) is 0 Å². The minimum absolute atomic E-state index is 0.274. The molecule has 0 saturated carbocycles. The van der Waals surface area contributed by atoms with Gasteiger partial charge in [0.25, 0.3) is 0 Å². The van der Waals surface area contributed by atoms with Crippen LogP contribution in [0.5, 0.6) is 5.75 Å². The van der Waals surface area contributed by atoms with Gasteiger partial charge in [-0.05, 0) is 37.1 Å². The average Bonchev–Trinajstić information content (AvgIpc) is 2.89. The Bertz CT molecular complexity index is 527. The summed E-state index contributed by atoms with van der Waals surface area (Å²) < 4.78 is 5.40. The first-order valence-electron chi connectivity index (χ1n) is 6.79. The van der Waals surface area contributed by atoms with E-state index < -0.39 is 0 Å². The van der Waals surface area contributed by atoms with Crippen LogP contribution in [0.25, 0.3) is 11.1 Å². The minimum Gasteiger partial charge on any atom is -0.508 e. The van der Waals surface area contributed by atoms with Gasteiger partial charge in [0, 0.05) is 18.0 Å². The van der Waals surface area contributed by atoms with Crippen molar-refractivity contribution < 1.29 is 9.63 Å². The number of aromatic nitrogens is 1. The lowest BCUT2D eigenvalue weighted by atomic mass is 9.97. The standard InChI is InChI=1S/C15H18N2O2/c18-13-6-4-11(5-7-13)14-10-17-19-15(14)9-12-3-1-2-8-16-12/h4-7,10,12,16,18H,1-3,8-9H2. The lowest BCUT2D eigenvalue weighted by Crippen LogP contribution is -2.35. The lowest BCUT2D eigenvalue weighted by Gasteiger charge is -2.22. The molecule has 2 N–H and O–H groups in total. The first kappa shape index (κ1) is 12.2. The Kier molecular flexibility index (Phi) is 3.51. The maximum atomic E-state index is 9.34. The Morgan fingerprint density at radius 3 is 2.84 bits per heavy atom. The van der Waals surface area contributed by atoms with Crippen LogP contribution in [-0.2, 0) is 6.42 Å². The van der Waals surface area contributed by atoms with Crippen molar-refractivity contribution >= 4 is 0 Å². The molecular formula is C15H18N2O2. The summed E-state index contributed by atoms with van der Waals surface area (Å²) in [6.45, 7) is 1.09. The number of hydrogen-bond acceptors (Lipinski definition) is 4. The van der Waals surface area contributed by atoms with Crippen LogP contribution in [0.1, 0.15) is 25.0 Å². The topological polar surface area (TPSA) is 58.3 Å². The van der Waals surface area contributed by atoms with E-state index in [9.17, 15) is 5.11 Å². The highest BCUT2D eigenvalue weighted by atomic mass is 16.5. The summed E-state index contributed by atoms with van der Waals surface area (Å²) in [6.07, 6.45) is 6.36. The SMILES string of the molecule is Oc1ccc(-c2cnoc2CC2CCCCN2)cc1. The second-order valence-electron chi connectivity index (χ2n) is 5.06. The molecule has 2 heterocycles. The van der Waals surface area contributed by atoms with Gasteiger partial charge < -0.3 is 14.9 Å². The molecule has 0 radical (unpaired) electrons. The van der Waals surface area contributed by atoms with Gasteiger partial charge >= 0.3 is 0 Å². The van der Waals surface area contributed by atoms with E-state index in [1.54, 1.807) is 18.3 Å². The maximum absolute atomic E-state index is 9.34. The van der Waals surface area contributed by atoms with Crippen LogP contribution in [0.3, 0.4) is 0 Å². The Hall–Kier alpha value is -1.81. The number of benzene rings is 1. The molecule has 1 saturated heterocycles. The van der Waals surface area contributed by atoms with E-state index in [-0.39, 0.29) is 5.75 Å². The van der Waals surface area contributed by atoms with Crippen molar-refractivity contribution in [1.82, 2.24) is 10.5 Å². The van der Waals surface area contributed by atoms with Gasteiger partial charge in [-0.15, -0.1) is 0 Å². The summed E-state index contributed by atoms with van der Waals surface area (Å²) in [5.74, 6) is 1.20. The van der Waals surface area contributed by atoms with Gasteiger partial charge in [0.05, 0.1) is 6.20 Å². The summed E-state index contributed by atoms with van der Waals surface area (Å²) in [7, 11) is 0. The number of phenolic OH excluding ortho intramolecular Hbond substituents is 1. The molecule has 1 aliphatic rings. The molecule has 1 atom stereocenters. The third-order valence-corrected chi connectivity index (χ3v) is 3.67. The molecule has 1 aliphatic heterocycles. The van der Waals surface area contributed by atoms with E-state index in [0.717, 1.165) is 29.9 Å². The van der Waals surface area contributed by atoms with Crippen molar-refractivity contribution in [3.05, 3.63) is 36.2 Å². The first-order valence-corrected chi connectivity index (χ1v) is 6.79. The maximum Gasteiger partial charge on any atom is 0.146 e. The summed E-state index contributed by atoms with van der Waals surface area (Å²) in [6, 6.07) is 7.63. The average molecular weight is 258 g/mol. The zero-order valence-corrected chi connectivity index (χ0v) is 10.8. The number of piperidine rings is 1.